The maximum atomic E-state index is 13.2. The van der Waals surface area contributed by atoms with E-state index in [9.17, 15) is 19.2 Å². The Morgan fingerprint density at radius 2 is 1.73 bits per heavy atom. The number of amides is 5. The highest BCUT2D eigenvalue weighted by Gasteiger charge is 2.39. The molecule has 3 heterocycles. The molecule has 2 saturated heterocycles. The summed E-state index contributed by atoms with van der Waals surface area (Å²) < 4.78 is 0. The zero-order chi connectivity index (χ0) is 23.2. The minimum absolute atomic E-state index is 0.0537. The molecular formula is C22H31N7O4. The molecule has 3 fully saturated rings. The van der Waals surface area contributed by atoms with Crippen LogP contribution in [0.15, 0.2) is 18.7 Å². The number of rotatable bonds is 4. The summed E-state index contributed by atoms with van der Waals surface area (Å²) in [7, 11) is 0. The van der Waals surface area contributed by atoms with Crippen molar-refractivity contribution in [2.45, 2.75) is 63.1 Å². The molecule has 0 bridgehead atoms. The first kappa shape index (κ1) is 22.9. The van der Waals surface area contributed by atoms with Gasteiger partial charge < -0.3 is 25.8 Å². The summed E-state index contributed by atoms with van der Waals surface area (Å²) in [6, 6.07) is -1.64. The van der Waals surface area contributed by atoms with Crippen LogP contribution in [0.4, 0.5) is 4.79 Å². The van der Waals surface area contributed by atoms with Crippen molar-refractivity contribution in [2.24, 2.45) is 0 Å². The van der Waals surface area contributed by atoms with Gasteiger partial charge in [-0.15, -0.1) is 0 Å². The van der Waals surface area contributed by atoms with Crippen LogP contribution in [0.25, 0.3) is 0 Å². The molecule has 0 aromatic carbocycles. The second-order valence-corrected chi connectivity index (χ2v) is 8.87. The number of aromatic nitrogens is 2. The zero-order valence-electron chi connectivity index (χ0n) is 18.7. The lowest BCUT2D eigenvalue weighted by atomic mass is 9.96. The van der Waals surface area contributed by atoms with Gasteiger partial charge in [-0.1, -0.05) is 19.3 Å². The molecule has 3 aliphatic rings. The van der Waals surface area contributed by atoms with Gasteiger partial charge in [-0.25, -0.2) is 14.8 Å². The Morgan fingerprint density at radius 3 is 2.45 bits per heavy atom. The van der Waals surface area contributed by atoms with Gasteiger partial charge >= 0.3 is 6.03 Å². The SMILES string of the molecule is O=C(N[C@@H]1CCCNC1=O)[C@H]1CN(C(=O)NC2CCCCC2)CCN1C(=O)c1cncnc1. The fourth-order valence-electron chi connectivity index (χ4n) is 4.70. The predicted molar refractivity (Wildman–Crippen MR) is 118 cm³/mol. The number of piperidine rings is 1. The van der Waals surface area contributed by atoms with Gasteiger partial charge in [-0.2, -0.15) is 0 Å². The second-order valence-electron chi connectivity index (χ2n) is 8.87. The molecule has 33 heavy (non-hydrogen) atoms. The van der Waals surface area contributed by atoms with Crippen molar-refractivity contribution in [1.82, 2.24) is 35.7 Å². The van der Waals surface area contributed by atoms with Crippen molar-refractivity contribution >= 4 is 23.8 Å². The van der Waals surface area contributed by atoms with Gasteiger partial charge in [0, 0.05) is 38.1 Å². The molecule has 1 aromatic heterocycles. The van der Waals surface area contributed by atoms with E-state index >= 15 is 0 Å². The highest BCUT2D eigenvalue weighted by atomic mass is 16.2. The van der Waals surface area contributed by atoms with Crippen molar-refractivity contribution in [1.29, 1.82) is 0 Å². The molecule has 178 valence electrons. The number of urea groups is 1. The fraction of sp³-hybridized carbons (Fsp3) is 0.636. The van der Waals surface area contributed by atoms with E-state index in [1.54, 1.807) is 4.90 Å². The fourth-order valence-corrected chi connectivity index (χ4v) is 4.70. The summed E-state index contributed by atoms with van der Waals surface area (Å²) in [4.78, 5) is 62.3. The Balaban J connectivity index is 1.48. The number of nitrogens with zero attached hydrogens (tertiary/aromatic N) is 4. The Kier molecular flexibility index (Phi) is 7.36. The second kappa shape index (κ2) is 10.6. The monoisotopic (exact) mass is 457 g/mol. The smallest absolute Gasteiger partial charge is 0.317 e. The van der Waals surface area contributed by atoms with Crippen molar-refractivity contribution in [2.75, 3.05) is 26.2 Å². The number of piperazine rings is 1. The van der Waals surface area contributed by atoms with Gasteiger partial charge in [0.1, 0.15) is 18.4 Å². The molecule has 2 aliphatic heterocycles. The van der Waals surface area contributed by atoms with Gasteiger partial charge in [0.2, 0.25) is 11.8 Å². The van der Waals surface area contributed by atoms with Crippen LogP contribution < -0.4 is 16.0 Å². The maximum absolute atomic E-state index is 13.2. The van der Waals surface area contributed by atoms with E-state index in [2.05, 4.69) is 25.9 Å². The van der Waals surface area contributed by atoms with Crippen LogP contribution in [0.2, 0.25) is 0 Å². The van der Waals surface area contributed by atoms with Crippen LogP contribution in [0.3, 0.4) is 0 Å². The van der Waals surface area contributed by atoms with Gasteiger partial charge in [-0.05, 0) is 25.7 Å². The molecule has 1 aliphatic carbocycles. The lowest BCUT2D eigenvalue weighted by Crippen LogP contribution is -2.64. The summed E-state index contributed by atoms with van der Waals surface area (Å²) in [5.74, 6) is -1.06. The van der Waals surface area contributed by atoms with E-state index in [-0.39, 0.29) is 42.5 Å². The summed E-state index contributed by atoms with van der Waals surface area (Å²) in [5, 5.41) is 8.61. The lowest BCUT2D eigenvalue weighted by molar-refractivity contribution is -0.133. The Labute approximate surface area is 192 Å². The molecule has 1 aromatic rings. The number of hydrogen-bond donors (Lipinski definition) is 3. The van der Waals surface area contributed by atoms with E-state index in [4.69, 9.17) is 0 Å². The first-order valence-corrected chi connectivity index (χ1v) is 11.7. The van der Waals surface area contributed by atoms with Gasteiger partial charge in [-0.3, -0.25) is 14.4 Å². The summed E-state index contributed by atoms with van der Waals surface area (Å²) in [6.45, 7) is 1.15. The normalized spacial score (nSPS) is 24.1. The molecular weight excluding hydrogens is 426 g/mol. The third-order valence-corrected chi connectivity index (χ3v) is 6.57. The molecule has 0 radical (unpaired) electrons. The van der Waals surface area contributed by atoms with Crippen LogP contribution in [-0.2, 0) is 9.59 Å². The molecule has 0 spiro atoms. The average molecular weight is 458 g/mol. The van der Waals surface area contributed by atoms with Crippen LogP contribution >= 0.6 is 0 Å². The number of carbonyl (C=O) groups is 4. The van der Waals surface area contributed by atoms with E-state index in [0.29, 0.717) is 19.5 Å². The zero-order valence-corrected chi connectivity index (χ0v) is 18.7. The number of carbonyl (C=O) groups excluding carboxylic acids is 4. The molecule has 4 rings (SSSR count). The van der Waals surface area contributed by atoms with Crippen molar-refractivity contribution in [3.8, 4) is 0 Å². The molecule has 2 atom stereocenters. The van der Waals surface area contributed by atoms with E-state index in [0.717, 1.165) is 32.1 Å². The van der Waals surface area contributed by atoms with Crippen molar-refractivity contribution in [3.05, 3.63) is 24.3 Å². The van der Waals surface area contributed by atoms with E-state index in [1.807, 2.05) is 0 Å². The van der Waals surface area contributed by atoms with Crippen LogP contribution in [0.5, 0.6) is 0 Å². The highest BCUT2D eigenvalue weighted by molar-refractivity contribution is 5.98. The molecule has 5 amide bonds. The molecule has 1 saturated carbocycles. The van der Waals surface area contributed by atoms with Crippen molar-refractivity contribution in [3.63, 3.8) is 0 Å². The Bertz CT molecular complexity index is 875. The Hall–Kier alpha value is -3.24. The van der Waals surface area contributed by atoms with Gasteiger partial charge in [0.05, 0.1) is 12.1 Å². The minimum Gasteiger partial charge on any atom is -0.354 e. The first-order chi connectivity index (χ1) is 16.0. The van der Waals surface area contributed by atoms with Gasteiger partial charge in [0.15, 0.2) is 0 Å². The van der Waals surface area contributed by atoms with Crippen LogP contribution in [0.1, 0.15) is 55.3 Å². The summed E-state index contributed by atoms with van der Waals surface area (Å²) >= 11 is 0. The Morgan fingerprint density at radius 1 is 0.970 bits per heavy atom. The standard InChI is InChI=1S/C22H31N7O4/c30-19-17(7-4-8-25-19)27-20(31)18-13-28(22(33)26-16-5-2-1-3-6-16)9-10-29(18)21(32)15-11-23-14-24-12-15/h11-12,14,16-18H,1-10,13H2,(H,25,30)(H,26,33)(H,27,31)/t17-,18-/m1/s1. The third-order valence-electron chi connectivity index (χ3n) is 6.57. The van der Waals surface area contributed by atoms with Crippen molar-refractivity contribution < 1.29 is 19.2 Å². The summed E-state index contributed by atoms with van der Waals surface area (Å²) in [6.07, 6.45) is 10.7. The van der Waals surface area contributed by atoms with Crippen LogP contribution in [-0.4, -0.2) is 87.8 Å². The topological polar surface area (TPSA) is 137 Å². The van der Waals surface area contributed by atoms with E-state index in [1.165, 1.54) is 30.0 Å². The number of hydrogen-bond acceptors (Lipinski definition) is 6. The quantitative estimate of drug-likeness (QED) is 0.584. The molecule has 3 N–H and O–H groups in total. The molecule has 11 nitrogen and oxygen atoms in total. The highest BCUT2D eigenvalue weighted by Crippen LogP contribution is 2.19. The lowest BCUT2D eigenvalue weighted by Gasteiger charge is -2.41. The predicted octanol–water partition coefficient (Wildman–Crippen LogP) is 0.0401. The minimum atomic E-state index is -0.918. The number of nitrogens with one attached hydrogen (secondary N) is 3. The molecule has 11 heteroatoms. The largest absolute Gasteiger partial charge is 0.354 e. The third kappa shape index (κ3) is 5.58. The molecule has 0 unspecified atom stereocenters. The van der Waals surface area contributed by atoms with Gasteiger partial charge in [0.25, 0.3) is 5.91 Å². The average Bonchev–Trinajstić information content (AvgIpc) is 2.85. The first-order valence-electron chi connectivity index (χ1n) is 11.7. The van der Waals surface area contributed by atoms with E-state index < -0.39 is 18.0 Å². The maximum Gasteiger partial charge on any atom is 0.317 e. The van der Waals surface area contributed by atoms with Crippen LogP contribution in [0, 0.1) is 0 Å². The summed E-state index contributed by atoms with van der Waals surface area (Å²) in [5.41, 5.74) is 0.269.